The van der Waals surface area contributed by atoms with E-state index in [1.54, 1.807) is 19.1 Å². The van der Waals surface area contributed by atoms with Crippen molar-refractivity contribution in [1.29, 1.82) is 0 Å². The van der Waals surface area contributed by atoms with Gasteiger partial charge in [0.2, 0.25) is 10.0 Å². The van der Waals surface area contributed by atoms with Gasteiger partial charge in [-0.3, -0.25) is 0 Å². The van der Waals surface area contributed by atoms with Gasteiger partial charge in [-0.2, -0.15) is 0 Å². The molecule has 1 atom stereocenters. The average molecular weight is 242 g/mol. The van der Waals surface area contributed by atoms with Crippen LogP contribution in [0.5, 0.6) is 0 Å². The van der Waals surface area contributed by atoms with Gasteiger partial charge in [0.05, 0.1) is 4.90 Å². The highest BCUT2D eigenvalue weighted by Gasteiger charge is 2.14. The molecule has 0 bridgehead atoms. The monoisotopic (exact) mass is 242 g/mol. The molecule has 0 saturated carbocycles. The van der Waals surface area contributed by atoms with Crippen molar-refractivity contribution < 1.29 is 8.42 Å². The molecule has 5 heteroatoms. The van der Waals surface area contributed by atoms with Crippen molar-refractivity contribution in [3.8, 4) is 0 Å². The SMILES string of the molecule is CCNC(C)c1ccc(C)c(S(N)(=O)=O)c1. The number of benzene rings is 1. The average Bonchev–Trinajstić information content (AvgIpc) is 2.16. The fourth-order valence-corrected chi connectivity index (χ4v) is 2.43. The number of hydrogen-bond donors (Lipinski definition) is 2. The van der Waals surface area contributed by atoms with E-state index in [0.717, 1.165) is 12.1 Å². The van der Waals surface area contributed by atoms with Gasteiger partial charge in [0, 0.05) is 6.04 Å². The summed E-state index contributed by atoms with van der Waals surface area (Å²) in [6.45, 7) is 6.56. The van der Waals surface area contributed by atoms with Crippen LogP contribution in [0.2, 0.25) is 0 Å². The number of aryl methyl sites for hydroxylation is 1. The summed E-state index contributed by atoms with van der Waals surface area (Å²) in [5, 5.41) is 8.38. The third-order valence-corrected chi connectivity index (χ3v) is 3.58. The highest BCUT2D eigenvalue weighted by Crippen LogP contribution is 2.20. The first-order chi connectivity index (χ1) is 7.36. The van der Waals surface area contributed by atoms with Crippen LogP contribution in [0.3, 0.4) is 0 Å². The summed E-state index contributed by atoms with van der Waals surface area (Å²) in [4.78, 5) is 0.203. The molecule has 0 fully saturated rings. The molecule has 4 nitrogen and oxygen atoms in total. The zero-order valence-corrected chi connectivity index (χ0v) is 10.6. The lowest BCUT2D eigenvalue weighted by Gasteiger charge is -2.14. The summed E-state index contributed by atoms with van der Waals surface area (Å²) in [7, 11) is -3.63. The highest BCUT2D eigenvalue weighted by atomic mass is 32.2. The topological polar surface area (TPSA) is 72.2 Å². The quantitative estimate of drug-likeness (QED) is 0.836. The highest BCUT2D eigenvalue weighted by molar-refractivity contribution is 7.89. The normalized spacial score (nSPS) is 13.8. The second kappa shape index (κ2) is 4.95. The molecule has 16 heavy (non-hydrogen) atoms. The van der Waals surface area contributed by atoms with Gasteiger partial charge in [-0.15, -0.1) is 0 Å². The van der Waals surface area contributed by atoms with E-state index in [1.807, 2.05) is 19.9 Å². The fourth-order valence-electron chi connectivity index (χ4n) is 1.62. The van der Waals surface area contributed by atoms with Crippen LogP contribution in [0, 0.1) is 6.92 Å². The molecule has 0 saturated heterocycles. The van der Waals surface area contributed by atoms with Crippen molar-refractivity contribution in [1.82, 2.24) is 5.32 Å². The Kier molecular flexibility index (Phi) is 4.07. The smallest absolute Gasteiger partial charge is 0.238 e. The number of nitrogens with one attached hydrogen (secondary N) is 1. The van der Waals surface area contributed by atoms with Gasteiger partial charge in [0.1, 0.15) is 0 Å². The van der Waals surface area contributed by atoms with Crippen LogP contribution in [-0.2, 0) is 10.0 Å². The van der Waals surface area contributed by atoms with Gasteiger partial charge in [-0.25, -0.2) is 13.6 Å². The van der Waals surface area contributed by atoms with E-state index in [4.69, 9.17) is 5.14 Å². The van der Waals surface area contributed by atoms with E-state index in [1.165, 1.54) is 0 Å². The van der Waals surface area contributed by atoms with E-state index in [9.17, 15) is 8.42 Å². The lowest BCUT2D eigenvalue weighted by molar-refractivity contribution is 0.590. The Morgan fingerprint density at radius 3 is 2.56 bits per heavy atom. The Morgan fingerprint density at radius 2 is 2.06 bits per heavy atom. The minimum Gasteiger partial charge on any atom is -0.310 e. The van der Waals surface area contributed by atoms with Crippen molar-refractivity contribution in [2.75, 3.05) is 6.54 Å². The summed E-state index contributed by atoms with van der Waals surface area (Å²) in [6, 6.07) is 5.45. The summed E-state index contributed by atoms with van der Waals surface area (Å²) < 4.78 is 22.7. The number of sulfonamides is 1. The molecule has 0 amide bonds. The Bertz CT molecular complexity index is 469. The van der Waals surface area contributed by atoms with E-state index in [0.29, 0.717) is 5.56 Å². The number of nitrogens with two attached hydrogens (primary N) is 1. The van der Waals surface area contributed by atoms with E-state index in [-0.39, 0.29) is 10.9 Å². The zero-order valence-electron chi connectivity index (χ0n) is 9.82. The molecule has 3 N–H and O–H groups in total. The maximum Gasteiger partial charge on any atom is 0.238 e. The van der Waals surface area contributed by atoms with Gasteiger partial charge in [-0.05, 0) is 37.6 Å². The summed E-state index contributed by atoms with van der Waals surface area (Å²) in [5.41, 5.74) is 1.60. The minimum absolute atomic E-state index is 0.117. The molecule has 1 rings (SSSR count). The molecule has 1 aromatic rings. The second-order valence-electron chi connectivity index (χ2n) is 3.85. The molecule has 90 valence electrons. The van der Waals surface area contributed by atoms with Gasteiger partial charge >= 0.3 is 0 Å². The van der Waals surface area contributed by atoms with Crippen molar-refractivity contribution >= 4 is 10.0 Å². The molecule has 0 aliphatic carbocycles. The van der Waals surface area contributed by atoms with Gasteiger partial charge < -0.3 is 5.32 Å². The lowest BCUT2D eigenvalue weighted by atomic mass is 10.1. The van der Waals surface area contributed by atoms with Crippen LogP contribution < -0.4 is 10.5 Å². The molecule has 0 heterocycles. The van der Waals surface area contributed by atoms with E-state index >= 15 is 0 Å². The van der Waals surface area contributed by atoms with Crippen LogP contribution in [-0.4, -0.2) is 15.0 Å². The molecular weight excluding hydrogens is 224 g/mol. The van der Waals surface area contributed by atoms with Crippen LogP contribution in [0.25, 0.3) is 0 Å². The zero-order chi connectivity index (χ0) is 12.3. The van der Waals surface area contributed by atoms with Crippen LogP contribution in [0.15, 0.2) is 23.1 Å². The first kappa shape index (κ1) is 13.2. The Labute approximate surface area is 96.9 Å². The maximum atomic E-state index is 11.3. The molecule has 1 aromatic carbocycles. The number of rotatable bonds is 4. The molecule has 0 aromatic heterocycles. The third kappa shape index (κ3) is 3.04. The minimum atomic E-state index is -3.63. The van der Waals surface area contributed by atoms with Crippen LogP contribution in [0.4, 0.5) is 0 Å². The van der Waals surface area contributed by atoms with E-state index < -0.39 is 10.0 Å². The predicted molar refractivity (Wildman–Crippen MR) is 64.6 cm³/mol. The van der Waals surface area contributed by atoms with Gasteiger partial charge in [-0.1, -0.05) is 19.1 Å². The first-order valence-electron chi connectivity index (χ1n) is 5.23. The van der Waals surface area contributed by atoms with Crippen molar-refractivity contribution in [3.63, 3.8) is 0 Å². The first-order valence-corrected chi connectivity index (χ1v) is 6.77. The van der Waals surface area contributed by atoms with Crippen LogP contribution >= 0.6 is 0 Å². The number of primary sulfonamides is 1. The molecule has 0 aliphatic heterocycles. The Morgan fingerprint density at radius 1 is 1.44 bits per heavy atom. The largest absolute Gasteiger partial charge is 0.310 e. The third-order valence-electron chi connectivity index (χ3n) is 2.53. The summed E-state index contributed by atoms with van der Waals surface area (Å²) >= 11 is 0. The Balaban J connectivity index is 3.18. The molecule has 0 spiro atoms. The second-order valence-corrected chi connectivity index (χ2v) is 5.38. The van der Waals surface area contributed by atoms with Crippen molar-refractivity contribution in [2.45, 2.75) is 31.7 Å². The summed E-state index contributed by atoms with van der Waals surface area (Å²) in [5.74, 6) is 0. The number of hydrogen-bond acceptors (Lipinski definition) is 3. The summed E-state index contributed by atoms with van der Waals surface area (Å²) in [6.07, 6.45) is 0. The molecular formula is C11H18N2O2S. The van der Waals surface area contributed by atoms with E-state index in [2.05, 4.69) is 5.32 Å². The van der Waals surface area contributed by atoms with Gasteiger partial charge in [0.15, 0.2) is 0 Å². The predicted octanol–water partition coefficient (Wildman–Crippen LogP) is 1.31. The fraction of sp³-hybridized carbons (Fsp3) is 0.455. The molecule has 0 radical (unpaired) electrons. The Hall–Kier alpha value is -0.910. The van der Waals surface area contributed by atoms with Crippen molar-refractivity contribution in [3.05, 3.63) is 29.3 Å². The van der Waals surface area contributed by atoms with Gasteiger partial charge in [0.25, 0.3) is 0 Å². The standard InChI is InChI=1S/C11H18N2O2S/c1-4-13-9(3)10-6-5-8(2)11(7-10)16(12,14)15/h5-7,9,13H,4H2,1-3H3,(H2,12,14,15). The molecule has 0 aliphatic rings. The lowest BCUT2D eigenvalue weighted by Crippen LogP contribution is -2.19. The molecule has 1 unspecified atom stereocenters. The maximum absolute atomic E-state index is 11.3. The van der Waals surface area contributed by atoms with Crippen LogP contribution in [0.1, 0.15) is 31.0 Å². The van der Waals surface area contributed by atoms with Crippen molar-refractivity contribution in [2.24, 2.45) is 5.14 Å².